The fraction of sp³-hybridized carbons (Fsp3) is 0.438. The molecule has 3 nitrogen and oxygen atoms in total. The molecule has 19 heavy (non-hydrogen) atoms. The van der Waals surface area contributed by atoms with E-state index in [1.807, 2.05) is 30.3 Å². The Labute approximate surface area is 115 Å². The summed E-state index contributed by atoms with van der Waals surface area (Å²) in [6.45, 7) is 8.24. The molecule has 0 aromatic heterocycles. The third kappa shape index (κ3) is 5.58. The molecule has 0 fully saturated rings. The lowest BCUT2D eigenvalue weighted by Gasteiger charge is -2.14. The van der Waals surface area contributed by atoms with Gasteiger partial charge in [0.05, 0.1) is 6.54 Å². The number of carbonyl (C=O) groups excluding carboxylic acids is 1. The van der Waals surface area contributed by atoms with Gasteiger partial charge in [0.25, 0.3) is 0 Å². The minimum absolute atomic E-state index is 0.314. The molecule has 1 unspecified atom stereocenters. The van der Waals surface area contributed by atoms with E-state index in [1.165, 1.54) is 6.92 Å². The van der Waals surface area contributed by atoms with Crippen LogP contribution >= 0.6 is 0 Å². The normalized spacial score (nSPS) is 11.6. The molecule has 0 saturated carbocycles. The monoisotopic (exact) mass is 259 g/mol. The molecule has 1 aromatic carbocycles. The Morgan fingerprint density at radius 2 is 1.89 bits per heavy atom. The van der Waals surface area contributed by atoms with Gasteiger partial charge in [-0.25, -0.2) is 0 Å². The lowest BCUT2D eigenvalue weighted by Crippen LogP contribution is -2.23. The van der Waals surface area contributed by atoms with E-state index in [9.17, 15) is 4.79 Å². The minimum atomic E-state index is -0.478. The van der Waals surface area contributed by atoms with Crippen LogP contribution in [0.1, 0.15) is 32.4 Å². The summed E-state index contributed by atoms with van der Waals surface area (Å²) in [5.41, 5.74) is 0.907. The van der Waals surface area contributed by atoms with Crippen molar-refractivity contribution in [1.29, 1.82) is 0 Å². The van der Waals surface area contributed by atoms with Crippen LogP contribution in [0.3, 0.4) is 0 Å². The van der Waals surface area contributed by atoms with Crippen molar-refractivity contribution in [3.8, 4) is 11.8 Å². The van der Waals surface area contributed by atoms with Crippen LogP contribution in [0.5, 0.6) is 0 Å². The maximum absolute atomic E-state index is 11.1. The largest absolute Gasteiger partial charge is 0.444 e. The molecule has 3 heteroatoms. The van der Waals surface area contributed by atoms with Crippen molar-refractivity contribution in [3.05, 3.63) is 35.9 Å². The molecule has 102 valence electrons. The molecule has 0 heterocycles. The Balaban J connectivity index is 2.76. The maximum Gasteiger partial charge on any atom is 0.304 e. The van der Waals surface area contributed by atoms with E-state index in [2.05, 4.69) is 30.6 Å². The highest BCUT2D eigenvalue weighted by atomic mass is 16.5. The summed E-state index contributed by atoms with van der Waals surface area (Å²) in [4.78, 5) is 13.3. The van der Waals surface area contributed by atoms with Crippen LogP contribution < -0.4 is 0 Å². The van der Waals surface area contributed by atoms with Gasteiger partial charge < -0.3 is 4.74 Å². The molecule has 0 bridgehead atoms. The molecule has 1 aromatic rings. The number of benzene rings is 1. The van der Waals surface area contributed by atoms with E-state index >= 15 is 0 Å². The first-order chi connectivity index (χ1) is 9.17. The van der Waals surface area contributed by atoms with Crippen LogP contribution in [-0.4, -0.2) is 30.5 Å². The fourth-order valence-corrected chi connectivity index (χ4v) is 1.67. The second-order valence-electron chi connectivity index (χ2n) is 4.18. The SMILES string of the molecule is CCN(CC)CC#CC(OC(C)=O)c1ccccc1. The molecule has 0 aliphatic carbocycles. The summed E-state index contributed by atoms with van der Waals surface area (Å²) < 4.78 is 5.25. The average molecular weight is 259 g/mol. The first kappa shape index (κ1) is 15.3. The summed E-state index contributed by atoms with van der Waals surface area (Å²) >= 11 is 0. The highest BCUT2D eigenvalue weighted by Gasteiger charge is 2.10. The van der Waals surface area contributed by atoms with Crippen molar-refractivity contribution in [3.63, 3.8) is 0 Å². The van der Waals surface area contributed by atoms with E-state index in [-0.39, 0.29) is 5.97 Å². The fourth-order valence-electron chi connectivity index (χ4n) is 1.67. The van der Waals surface area contributed by atoms with Crippen LogP contribution in [0.25, 0.3) is 0 Å². The number of ether oxygens (including phenoxy) is 1. The van der Waals surface area contributed by atoms with Crippen molar-refractivity contribution < 1.29 is 9.53 Å². The summed E-state index contributed by atoms with van der Waals surface area (Å²) in [6, 6.07) is 9.59. The molecule has 1 atom stereocenters. The predicted octanol–water partition coefficient (Wildman–Crippen LogP) is 2.64. The van der Waals surface area contributed by atoms with Gasteiger partial charge in [-0.1, -0.05) is 56.0 Å². The van der Waals surface area contributed by atoms with E-state index in [0.29, 0.717) is 6.54 Å². The second-order valence-corrected chi connectivity index (χ2v) is 4.18. The molecule has 0 spiro atoms. The Bertz CT molecular complexity index is 441. The number of hydrogen-bond donors (Lipinski definition) is 0. The summed E-state index contributed by atoms with van der Waals surface area (Å²) in [5.74, 6) is 5.81. The van der Waals surface area contributed by atoms with Gasteiger partial charge in [-0.3, -0.25) is 9.69 Å². The second kappa shape index (κ2) is 8.34. The lowest BCUT2D eigenvalue weighted by atomic mass is 10.1. The zero-order valence-corrected chi connectivity index (χ0v) is 11.8. The lowest BCUT2D eigenvalue weighted by molar-refractivity contribution is -0.144. The van der Waals surface area contributed by atoms with Gasteiger partial charge in [-0.2, -0.15) is 0 Å². The molecular weight excluding hydrogens is 238 g/mol. The van der Waals surface area contributed by atoms with Gasteiger partial charge in [-0.05, 0) is 13.1 Å². The Morgan fingerprint density at radius 1 is 1.26 bits per heavy atom. The van der Waals surface area contributed by atoms with Gasteiger partial charge in [0.2, 0.25) is 0 Å². The average Bonchev–Trinajstić information content (AvgIpc) is 2.43. The highest BCUT2D eigenvalue weighted by molar-refractivity contribution is 5.66. The summed E-state index contributed by atoms with van der Waals surface area (Å²) in [5, 5.41) is 0. The van der Waals surface area contributed by atoms with E-state index < -0.39 is 6.10 Å². The topological polar surface area (TPSA) is 29.5 Å². The van der Waals surface area contributed by atoms with Crippen LogP contribution in [0.4, 0.5) is 0 Å². The van der Waals surface area contributed by atoms with Gasteiger partial charge >= 0.3 is 5.97 Å². The zero-order chi connectivity index (χ0) is 14.1. The number of carbonyl (C=O) groups is 1. The van der Waals surface area contributed by atoms with E-state index in [0.717, 1.165) is 18.7 Å². The molecular formula is C16H21NO2. The van der Waals surface area contributed by atoms with E-state index in [1.54, 1.807) is 0 Å². The first-order valence-corrected chi connectivity index (χ1v) is 6.60. The number of esters is 1. The van der Waals surface area contributed by atoms with Crippen molar-refractivity contribution in [1.82, 2.24) is 4.90 Å². The predicted molar refractivity (Wildman–Crippen MR) is 76.5 cm³/mol. The Hall–Kier alpha value is -1.79. The molecule has 1 rings (SSSR count). The third-order valence-corrected chi connectivity index (χ3v) is 2.82. The molecule has 0 aliphatic heterocycles. The Kier molecular flexibility index (Phi) is 6.70. The molecule has 0 aliphatic rings. The summed E-state index contributed by atoms with van der Waals surface area (Å²) in [6.07, 6.45) is -0.478. The van der Waals surface area contributed by atoms with Gasteiger partial charge in [0, 0.05) is 12.5 Å². The van der Waals surface area contributed by atoms with Crippen LogP contribution in [0.2, 0.25) is 0 Å². The molecule has 0 amide bonds. The Morgan fingerprint density at radius 3 is 2.42 bits per heavy atom. The minimum Gasteiger partial charge on any atom is -0.444 e. The number of hydrogen-bond acceptors (Lipinski definition) is 3. The van der Waals surface area contributed by atoms with Crippen molar-refractivity contribution in [2.75, 3.05) is 19.6 Å². The van der Waals surface area contributed by atoms with Crippen molar-refractivity contribution in [2.45, 2.75) is 26.9 Å². The molecule has 0 radical (unpaired) electrons. The van der Waals surface area contributed by atoms with Crippen LogP contribution in [0.15, 0.2) is 30.3 Å². The standard InChI is InChI=1S/C16H21NO2/c1-4-17(5-2)13-9-12-16(19-14(3)18)15-10-7-6-8-11-15/h6-8,10-11,16H,4-5,13H2,1-3H3. The highest BCUT2D eigenvalue weighted by Crippen LogP contribution is 2.16. The quantitative estimate of drug-likeness (QED) is 0.601. The zero-order valence-electron chi connectivity index (χ0n) is 11.8. The van der Waals surface area contributed by atoms with Gasteiger partial charge in [0.15, 0.2) is 6.10 Å². The van der Waals surface area contributed by atoms with Gasteiger partial charge in [-0.15, -0.1) is 0 Å². The number of nitrogens with zero attached hydrogens (tertiary/aromatic N) is 1. The molecule has 0 N–H and O–H groups in total. The third-order valence-electron chi connectivity index (χ3n) is 2.82. The van der Waals surface area contributed by atoms with Gasteiger partial charge in [0.1, 0.15) is 0 Å². The number of rotatable bonds is 5. The first-order valence-electron chi connectivity index (χ1n) is 6.60. The van der Waals surface area contributed by atoms with Crippen molar-refractivity contribution >= 4 is 5.97 Å². The van der Waals surface area contributed by atoms with Crippen LogP contribution in [-0.2, 0) is 9.53 Å². The summed E-state index contributed by atoms with van der Waals surface area (Å²) in [7, 11) is 0. The smallest absolute Gasteiger partial charge is 0.304 e. The van der Waals surface area contributed by atoms with E-state index in [4.69, 9.17) is 4.74 Å². The maximum atomic E-state index is 11.1. The van der Waals surface area contributed by atoms with Crippen molar-refractivity contribution in [2.24, 2.45) is 0 Å². The van der Waals surface area contributed by atoms with Crippen LogP contribution in [0, 0.1) is 11.8 Å². The molecule has 0 saturated heterocycles.